The van der Waals surface area contributed by atoms with Gasteiger partial charge in [-0.2, -0.15) is 0 Å². The predicted molar refractivity (Wildman–Crippen MR) is 110 cm³/mol. The topological polar surface area (TPSA) is 111 Å². The van der Waals surface area contributed by atoms with E-state index in [0.717, 1.165) is 17.3 Å². The highest BCUT2D eigenvalue weighted by Gasteiger charge is 2.20. The van der Waals surface area contributed by atoms with Crippen LogP contribution in [0.1, 0.15) is 5.56 Å². The van der Waals surface area contributed by atoms with Crippen LogP contribution in [0, 0.1) is 0 Å². The van der Waals surface area contributed by atoms with Gasteiger partial charge in [-0.25, -0.2) is 9.78 Å². The van der Waals surface area contributed by atoms with E-state index in [0.29, 0.717) is 11.4 Å². The maximum Gasteiger partial charge on any atom is 0.326 e. The summed E-state index contributed by atoms with van der Waals surface area (Å²) in [6, 6.07) is 15.0. The Labute approximate surface area is 172 Å². The highest BCUT2D eigenvalue weighted by atomic mass is 16.5. The summed E-state index contributed by atoms with van der Waals surface area (Å²) in [6.07, 6.45) is 2.74. The highest BCUT2D eigenvalue weighted by Crippen LogP contribution is 2.19. The summed E-state index contributed by atoms with van der Waals surface area (Å²) in [6.45, 7) is -0.316. The smallest absolute Gasteiger partial charge is 0.326 e. The van der Waals surface area contributed by atoms with Crippen LogP contribution in [0.5, 0.6) is 5.75 Å². The van der Waals surface area contributed by atoms with E-state index in [1.165, 1.54) is 10.8 Å². The fraction of sp³-hybridized carbons (Fsp3) is 0.182. The van der Waals surface area contributed by atoms with Gasteiger partial charge in [-0.15, -0.1) is 0 Å². The van der Waals surface area contributed by atoms with Gasteiger partial charge in [-0.1, -0.05) is 30.3 Å². The zero-order chi connectivity index (χ0) is 21.5. The molecule has 0 aliphatic heterocycles. The molecule has 30 heavy (non-hydrogen) atoms. The Bertz CT molecular complexity index is 1080. The van der Waals surface area contributed by atoms with Gasteiger partial charge in [0.1, 0.15) is 18.3 Å². The van der Waals surface area contributed by atoms with Gasteiger partial charge >= 0.3 is 5.97 Å². The Morgan fingerprint density at radius 1 is 1.13 bits per heavy atom. The number of rotatable bonds is 8. The van der Waals surface area contributed by atoms with E-state index in [4.69, 9.17) is 4.74 Å². The molecule has 3 rings (SSSR count). The van der Waals surface area contributed by atoms with Crippen LogP contribution in [0.25, 0.3) is 11.3 Å². The standard InChI is InChI=1S/C22H21N3O5/c1-30-17-9-7-16(8-10-17)19-13-25(21(27)12-23-19)14-20(26)24-18(22(28)29)11-15-5-3-2-4-6-15/h2-10,12-13,18H,11,14H2,1H3,(H,24,26)(H,28,29). The molecule has 154 valence electrons. The Morgan fingerprint density at radius 3 is 2.47 bits per heavy atom. The average molecular weight is 407 g/mol. The van der Waals surface area contributed by atoms with Crippen LogP contribution >= 0.6 is 0 Å². The number of nitrogens with one attached hydrogen (secondary N) is 1. The summed E-state index contributed by atoms with van der Waals surface area (Å²) in [7, 11) is 1.56. The number of benzene rings is 2. The lowest BCUT2D eigenvalue weighted by atomic mass is 10.1. The van der Waals surface area contributed by atoms with Crippen molar-refractivity contribution in [3.8, 4) is 17.0 Å². The average Bonchev–Trinajstić information content (AvgIpc) is 2.75. The third-order valence-corrected chi connectivity index (χ3v) is 4.49. The molecular weight excluding hydrogens is 386 g/mol. The van der Waals surface area contributed by atoms with Crippen molar-refractivity contribution in [1.29, 1.82) is 0 Å². The Kier molecular flexibility index (Phi) is 6.59. The Morgan fingerprint density at radius 2 is 1.83 bits per heavy atom. The molecule has 1 amide bonds. The summed E-state index contributed by atoms with van der Waals surface area (Å²) in [5.74, 6) is -1.04. The monoisotopic (exact) mass is 407 g/mol. The molecule has 0 spiro atoms. The lowest BCUT2D eigenvalue weighted by molar-refractivity contribution is -0.141. The molecule has 0 bridgehead atoms. The number of methoxy groups -OCH3 is 1. The van der Waals surface area contributed by atoms with E-state index < -0.39 is 23.5 Å². The van der Waals surface area contributed by atoms with Crippen LogP contribution in [0.2, 0.25) is 0 Å². The van der Waals surface area contributed by atoms with Crippen molar-refractivity contribution in [2.75, 3.05) is 7.11 Å². The number of carboxylic acids is 1. The fourth-order valence-corrected chi connectivity index (χ4v) is 2.92. The van der Waals surface area contributed by atoms with Gasteiger partial charge in [0.2, 0.25) is 5.91 Å². The first-order valence-electron chi connectivity index (χ1n) is 9.23. The molecular formula is C22H21N3O5. The number of carboxylic acid groups (broad SMARTS) is 1. The number of hydrogen-bond acceptors (Lipinski definition) is 5. The highest BCUT2D eigenvalue weighted by molar-refractivity contribution is 5.83. The molecule has 2 N–H and O–H groups in total. The second-order valence-electron chi connectivity index (χ2n) is 6.62. The molecule has 1 heterocycles. The minimum absolute atomic E-state index is 0.143. The SMILES string of the molecule is COc1ccc(-c2cn(CC(=O)NC(Cc3ccccc3)C(=O)O)c(=O)cn2)cc1. The largest absolute Gasteiger partial charge is 0.497 e. The molecule has 1 atom stereocenters. The van der Waals surface area contributed by atoms with Gasteiger partial charge in [-0.3, -0.25) is 9.59 Å². The van der Waals surface area contributed by atoms with Crippen molar-refractivity contribution in [3.63, 3.8) is 0 Å². The molecule has 1 unspecified atom stereocenters. The van der Waals surface area contributed by atoms with Gasteiger partial charge in [0.15, 0.2) is 0 Å². The zero-order valence-electron chi connectivity index (χ0n) is 16.3. The number of carbonyl (C=O) groups is 2. The second-order valence-corrected chi connectivity index (χ2v) is 6.62. The van der Waals surface area contributed by atoms with Gasteiger partial charge in [-0.05, 0) is 29.8 Å². The number of aromatic nitrogens is 2. The summed E-state index contributed by atoms with van der Waals surface area (Å²) in [5, 5.41) is 11.9. The Balaban J connectivity index is 1.73. The Hall–Kier alpha value is -3.94. The van der Waals surface area contributed by atoms with Crippen LogP contribution in [0.4, 0.5) is 0 Å². The van der Waals surface area contributed by atoms with Crippen molar-refractivity contribution in [3.05, 3.63) is 82.9 Å². The molecule has 0 radical (unpaired) electrons. The third kappa shape index (κ3) is 5.32. The number of aliphatic carboxylic acids is 1. The number of hydrogen-bond donors (Lipinski definition) is 2. The molecule has 1 aromatic heterocycles. The lowest BCUT2D eigenvalue weighted by Gasteiger charge is -2.15. The van der Waals surface area contributed by atoms with E-state index in [2.05, 4.69) is 10.3 Å². The first-order chi connectivity index (χ1) is 14.5. The van der Waals surface area contributed by atoms with Gasteiger partial charge < -0.3 is 19.7 Å². The molecule has 8 nitrogen and oxygen atoms in total. The van der Waals surface area contributed by atoms with Crippen molar-refractivity contribution < 1.29 is 19.4 Å². The van der Waals surface area contributed by atoms with Crippen molar-refractivity contribution in [2.24, 2.45) is 0 Å². The van der Waals surface area contributed by atoms with Crippen LogP contribution < -0.4 is 15.6 Å². The summed E-state index contributed by atoms with van der Waals surface area (Å²) >= 11 is 0. The molecule has 8 heteroatoms. The predicted octanol–water partition coefficient (Wildman–Crippen LogP) is 1.73. The molecule has 3 aromatic rings. The van der Waals surface area contributed by atoms with Gasteiger partial charge in [0, 0.05) is 18.2 Å². The molecule has 2 aromatic carbocycles. The van der Waals surface area contributed by atoms with Gasteiger partial charge in [0.25, 0.3) is 5.56 Å². The fourth-order valence-electron chi connectivity index (χ4n) is 2.92. The van der Waals surface area contributed by atoms with Crippen LogP contribution in [-0.2, 0) is 22.6 Å². The van der Waals surface area contributed by atoms with Crippen LogP contribution in [0.15, 0.2) is 71.8 Å². The van der Waals surface area contributed by atoms with E-state index in [-0.39, 0.29) is 13.0 Å². The van der Waals surface area contributed by atoms with Crippen molar-refractivity contribution in [1.82, 2.24) is 14.9 Å². The van der Waals surface area contributed by atoms with Crippen LogP contribution in [-0.4, -0.2) is 39.7 Å². The maximum absolute atomic E-state index is 12.4. The van der Waals surface area contributed by atoms with E-state index in [9.17, 15) is 19.5 Å². The van der Waals surface area contributed by atoms with E-state index >= 15 is 0 Å². The lowest BCUT2D eigenvalue weighted by Crippen LogP contribution is -2.44. The second kappa shape index (κ2) is 9.51. The molecule has 0 fully saturated rings. The summed E-state index contributed by atoms with van der Waals surface area (Å²) in [5.41, 5.74) is 1.58. The maximum atomic E-state index is 12.4. The van der Waals surface area contributed by atoms with Gasteiger partial charge in [0.05, 0.1) is 19.0 Å². The molecule has 0 aliphatic carbocycles. The zero-order valence-corrected chi connectivity index (χ0v) is 16.3. The number of carbonyl (C=O) groups excluding carboxylic acids is 1. The first kappa shape index (κ1) is 20.8. The molecule has 0 saturated carbocycles. The van der Waals surface area contributed by atoms with E-state index in [1.54, 1.807) is 55.6 Å². The summed E-state index contributed by atoms with van der Waals surface area (Å²) in [4.78, 5) is 40.2. The first-order valence-corrected chi connectivity index (χ1v) is 9.23. The van der Waals surface area contributed by atoms with Crippen molar-refractivity contribution in [2.45, 2.75) is 19.0 Å². The van der Waals surface area contributed by atoms with Crippen LogP contribution in [0.3, 0.4) is 0 Å². The minimum Gasteiger partial charge on any atom is -0.497 e. The number of ether oxygens (including phenoxy) is 1. The quantitative estimate of drug-likeness (QED) is 0.588. The number of amides is 1. The third-order valence-electron chi connectivity index (χ3n) is 4.49. The number of nitrogens with zero attached hydrogens (tertiary/aromatic N) is 2. The van der Waals surface area contributed by atoms with E-state index in [1.807, 2.05) is 6.07 Å². The molecule has 0 aliphatic rings. The summed E-state index contributed by atoms with van der Waals surface area (Å²) < 4.78 is 6.32. The van der Waals surface area contributed by atoms with Crippen molar-refractivity contribution >= 4 is 11.9 Å². The molecule has 0 saturated heterocycles. The normalized spacial score (nSPS) is 11.5. The minimum atomic E-state index is -1.15.